The van der Waals surface area contributed by atoms with Crippen molar-refractivity contribution in [3.63, 3.8) is 0 Å². The van der Waals surface area contributed by atoms with Gasteiger partial charge in [-0.15, -0.1) is 0 Å². The number of amides is 5. The van der Waals surface area contributed by atoms with Gasteiger partial charge >= 0.3 is 66.0 Å². The molecule has 6 aromatic carbocycles. The summed E-state index contributed by atoms with van der Waals surface area (Å²) < 4.78 is 50.5. The average Bonchev–Trinajstić information content (AvgIpc) is 1.52. The number of nitrogens with two attached hydrogens (primary N) is 5. The van der Waals surface area contributed by atoms with Crippen molar-refractivity contribution in [2.24, 2.45) is 52.3 Å². The Morgan fingerprint density at radius 2 is 0.568 bits per heavy atom. The summed E-state index contributed by atoms with van der Waals surface area (Å²) in [6.07, 6.45) is 8.11. The van der Waals surface area contributed by atoms with E-state index in [1.54, 1.807) is 117 Å². The number of carbonyl (C=O) groups is 13. The molecule has 0 saturated heterocycles. The van der Waals surface area contributed by atoms with Crippen molar-refractivity contribution < 1.29 is 125 Å². The van der Waals surface area contributed by atoms with Crippen molar-refractivity contribution in [3.8, 4) is 0 Å². The van der Waals surface area contributed by atoms with E-state index in [0.29, 0.717) is 87.8 Å². The van der Waals surface area contributed by atoms with E-state index in [1.807, 2.05) is 0 Å². The highest BCUT2D eigenvalue weighted by molar-refractivity contribution is 6.36. The SMILES string of the molecule is CC(C)(C)OC(=O)N[C@H](COC(=O)CC1CC1)c1ccc(Cl)c(C(=O)O)c1.COC(=O)c1cc([C@@H](CO)NC(=O)OC(C)(C)C)ccc1Cl.COC(=O)c1cc([C@@H](COC(=O)CC2CC2)NC(=O)OC(C)(C)C)ccc1Cl.COC(=O)c1cc([C@H](N)CO)ccc1Cl.NC(=O)c1cc([C@H](N)COC(=O)CC2CC2)ccc1Cl.NC(=O)c1cc([C@H](N)COC(=O)CC2CC2)ccc1Cl. The molecule has 16 N–H and O–H groups in total. The van der Waals surface area contributed by atoms with E-state index in [-0.39, 0.29) is 122 Å². The van der Waals surface area contributed by atoms with E-state index in [0.717, 1.165) is 51.4 Å². The van der Waals surface area contributed by atoms with Crippen LogP contribution in [0.5, 0.6) is 0 Å². The molecule has 10 rings (SSSR count). The predicted molar refractivity (Wildman–Crippen MR) is 491 cm³/mol. The van der Waals surface area contributed by atoms with Crippen molar-refractivity contribution in [1.82, 2.24) is 16.0 Å². The Kier molecular flexibility index (Phi) is 45.2. The Morgan fingerprint density at radius 3 is 0.818 bits per heavy atom. The molecule has 34 nitrogen and oxygen atoms in total. The van der Waals surface area contributed by atoms with Gasteiger partial charge in [-0.3, -0.25) is 28.8 Å². The first-order valence-electron chi connectivity index (χ1n) is 41.8. The summed E-state index contributed by atoms with van der Waals surface area (Å²) in [5, 5.41) is 36.8. The number of alkyl carbamates (subject to hydrolysis) is 3. The van der Waals surface area contributed by atoms with Crippen LogP contribution in [0.1, 0.15) is 271 Å². The summed E-state index contributed by atoms with van der Waals surface area (Å²) in [5.74, 6) is -3.53. The quantitative estimate of drug-likeness (QED) is 0.0135. The van der Waals surface area contributed by atoms with Crippen molar-refractivity contribution in [2.45, 2.75) is 192 Å². The van der Waals surface area contributed by atoms with Gasteiger partial charge in [0.15, 0.2) is 0 Å². The van der Waals surface area contributed by atoms with Crippen LogP contribution in [0.25, 0.3) is 0 Å². The van der Waals surface area contributed by atoms with Gasteiger partial charge in [0.05, 0.1) is 134 Å². The molecule has 0 aliphatic heterocycles. The smallest absolute Gasteiger partial charge is 0.408 e. The molecule has 0 unspecified atom stereocenters. The first-order valence-corrected chi connectivity index (χ1v) is 44.1. The lowest BCUT2D eigenvalue weighted by Crippen LogP contribution is -2.37. The molecule has 4 saturated carbocycles. The maximum atomic E-state index is 12.2. The van der Waals surface area contributed by atoms with E-state index in [4.69, 9.17) is 141 Å². The fraction of sp³-hybridized carbons (Fsp3) is 0.467. The third-order valence-corrected chi connectivity index (χ3v) is 21.1. The largest absolute Gasteiger partial charge is 0.478 e. The number of rotatable bonds is 33. The highest BCUT2D eigenvalue weighted by Gasteiger charge is 2.33. The van der Waals surface area contributed by atoms with Gasteiger partial charge < -0.3 is 107 Å². The standard InChI is InChI=1S/C20H26ClNO6.C19H24ClNO6.C15H20ClNO5.2C14H17ClN2O3.C10H12ClNO3/c1-20(2,3)28-19(25)22-16(11-27-17(23)9-12-5-6-12)13-7-8-15(21)14(10-13)18(24)26-4;1-19(2,3)27-18(25)21-15(10-26-16(22)8-11-4-5-11)12-6-7-14(20)13(9-12)17(23)24;1-15(2,3)22-14(20)17-12(8-18)9-5-6-11(16)10(7-9)13(19)21-4;2*15-11-4-3-9(6-10(11)14(17)19)12(16)7-20-13(18)5-8-1-2-8;1-15-10(14)7-4-6(9(12)5-13)2-3-8(7)11/h7-8,10,12,16H,5-6,9,11H2,1-4H3,(H,22,25);6-7,9,11,15H,4-5,8,10H2,1-3H3,(H,21,25)(H,23,24);5-7,12,18H,8H2,1-4H3,(H,17,20);2*3-4,6,8,12H,1-2,5,7,16H2,(H2,17,19);2-4,9,13H,5,12H2,1H3/t16-;15-;3*12-;9-/m111111/s1. The van der Waals surface area contributed by atoms with Crippen LogP contribution in [0.2, 0.25) is 30.1 Å². The van der Waals surface area contributed by atoms with Gasteiger partial charge in [0.1, 0.15) is 43.2 Å². The molecule has 722 valence electrons. The molecule has 0 aromatic heterocycles. The van der Waals surface area contributed by atoms with E-state index in [2.05, 4.69) is 25.4 Å². The number of hydrogen-bond acceptors (Lipinski definition) is 28. The third-order valence-electron chi connectivity index (χ3n) is 19.1. The van der Waals surface area contributed by atoms with Crippen LogP contribution >= 0.6 is 69.6 Å². The van der Waals surface area contributed by atoms with Crippen LogP contribution in [0, 0.1) is 23.7 Å². The molecule has 0 heterocycles. The predicted octanol–water partition coefficient (Wildman–Crippen LogP) is 15.4. The molecule has 0 spiro atoms. The summed E-state index contributed by atoms with van der Waals surface area (Å²) in [6, 6.07) is 24.2. The normalized spacial score (nSPS) is 14.4. The molecule has 4 fully saturated rings. The Morgan fingerprint density at radius 1 is 0.341 bits per heavy atom. The van der Waals surface area contributed by atoms with E-state index >= 15 is 0 Å². The number of aliphatic hydroxyl groups is 2. The van der Waals surface area contributed by atoms with Gasteiger partial charge in [-0.1, -0.05) is 106 Å². The second kappa shape index (κ2) is 53.3. The summed E-state index contributed by atoms with van der Waals surface area (Å²) in [6.45, 7) is 15.0. The van der Waals surface area contributed by atoms with E-state index in [1.165, 1.54) is 75.9 Å². The van der Waals surface area contributed by atoms with Gasteiger partial charge in [0.2, 0.25) is 11.8 Å². The second-order valence-corrected chi connectivity index (χ2v) is 36.5. The second-order valence-electron chi connectivity index (χ2n) is 34.0. The minimum atomic E-state index is -1.19. The number of aliphatic hydroxyl groups excluding tert-OH is 2. The number of hydrogen-bond donors (Lipinski definition) is 11. The van der Waals surface area contributed by atoms with E-state index < -0.39 is 107 Å². The maximum absolute atomic E-state index is 12.2. The lowest BCUT2D eigenvalue weighted by molar-refractivity contribution is -0.145. The number of benzene rings is 6. The number of carboxylic acids is 1. The molecule has 6 atom stereocenters. The number of primary amides is 2. The molecule has 132 heavy (non-hydrogen) atoms. The van der Waals surface area contributed by atoms with Crippen molar-refractivity contribution >= 4 is 147 Å². The summed E-state index contributed by atoms with van der Waals surface area (Å²) in [5.41, 5.74) is 30.2. The van der Waals surface area contributed by atoms with Crippen LogP contribution in [-0.2, 0) is 66.5 Å². The van der Waals surface area contributed by atoms with Gasteiger partial charge in [0.25, 0.3) is 0 Å². The van der Waals surface area contributed by atoms with Gasteiger partial charge in [-0.2, -0.15) is 0 Å². The minimum Gasteiger partial charge on any atom is -0.478 e. The van der Waals surface area contributed by atoms with Crippen LogP contribution in [0.15, 0.2) is 109 Å². The molecule has 4 aliphatic carbocycles. The number of methoxy groups -OCH3 is 3. The van der Waals surface area contributed by atoms with E-state index in [9.17, 15) is 72.5 Å². The molecular formula is C92H116Cl6N8O26. The minimum absolute atomic E-state index is 0.0748. The number of aromatic carboxylic acids is 1. The Balaban J connectivity index is 0.000000283. The lowest BCUT2D eigenvalue weighted by atomic mass is 10.0. The lowest BCUT2D eigenvalue weighted by Gasteiger charge is -2.24. The maximum Gasteiger partial charge on any atom is 0.408 e. The van der Waals surface area contributed by atoms with Crippen LogP contribution in [0.4, 0.5) is 14.4 Å². The van der Waals surface area contributed by atoms with Crippen LogP contribution in [-0.4, -0.2) is 171 Å². The fourth-order valence-corrected chi connectivity index (χ4v) is 12.7. The zero-order valence-corrected chi connectivity index (χ0v) is 79.8. The molecule has 4 aliphatic rings. The number of nitrogens with one attached hydrogen (secondary N) is 3. The van der Waals surface area contributed by atoms with Crippen molar-refractivity contribution in [1.29, 1.82) is 0 Å². The Labute approximate surface area is 795 Å². The highest BCUT2D eigenvalue weighted by atomic mass is 35.5. The molecule has 40 heteroatoms. The topological polar surface area (TPSA) is 541 Å². The summed E-state index contributed by atoms with van der Waals surface area (Å²) in [4.78, 5) is 152. The number of carbonyl (C=O) groups excluding carboxylic acids is 12. The first kappa shape index (κ1) is 112. The van der Waals surface area contributed by atoms with Gasteiger partial charge in [-0.05, 0) is 244 Å². The first-order chi connectivity index (χ1) is 61.8. The number of halogens is 6. The average molecular weight is 1960 g/mol. The summed E-state index contributed by atoms with van der Waals surface area (Å²) >= 11 is 35.4. The fourth-order valence-electron chi connectivity index (χ4n) is 11.4. The Hall–Kier alpha value is -10.6. The number of esters is 7. The third kappa shape index (κ3) is 41.7. The molecule has 5 amide bonds. The highest BCUT2D eigenvalue weighted by Crippen LogP contribution is 2.37. The monoisotopic (exact) mass is 1960 g/mol. The Bertz CT molecular complexity index is 4910. The van der Waals surface area contributed by atoms with Crippen LogP contribution < -0.4 is 44.6 Å². The molecule has 0 radical (unpaired) electrons. The molecule has 0 bridgehead atoms. The number of ether oxygens (including phenoxy) is 10. The van der Waals surface area contributed by atoms with Crippen molar-refractivity contribution in [3.05, 3.63) is 206 Å². The van der Waals surface area contributed by atoms with Crippen LogP contribution in [0.3, 0.4) is 0 Å². The zero-order chi connectivity index (χ0) is 98.8. The van der Waals surface area contributed by atoms with Crippen molar-refractivity contribution in [2.75, 3.05) is 61.0 Å². The van der Waals surface area contributed by atoms with Gasteiger partial charge in [-0.25, -0.2) is 33.6 Å². The molecule has 6 aromatic rings. The zero-order valence-electron chi connectivity index (χ0n) is 75.3. The summed E-state index contributed by atoms with van der Waals surface area (Å²) in [7, 11) is 3.77. The number of carboxylic acid groups (broad SMARTS) is 1. The molecular weight excluding hydrogens is 1850 g/mol. The van der Waals surface area contributed by atoms with Gasteiger partial charge in [0, 0.05) is 25.7 Å².